The quantitative estimate of drug-likeness (QED) is 0.433. The van der Waals surface area contributed by atoms with Crippen LogP contribution in [-0.2, 0) is 9.47 Å². The summed E-state index contributed by atoms with van der Waals surface area (Å²) in [6, 6.07) is 12.5. The Morgan fingerprint density at radius 3 is 2.10 bits per heavy atom. The van der Waals surface area contributed by atoms with Crippen molar-refractivity contribution in [3.05, 3.63) is 60.2 Å². The fraction of sp³-hybridized carbons (Fsp3) is 0.333. The van der Waals surface area contributed by atoms with Crippen LogP contribution in [0.4, 0.5) is 0 Å². The lowest BCUT2D eigenvalue weighted by Gasteiger charge is -2.40. The predicted octanol–water partition coefficient (Wildman–Crippen LogP) is 1.01. The molecule has 1 fully saturated rings. The van der Waals surface area contributed by atoms with Crippen LogP contribution in [-0.4, -0.2) is 69.5 Å². The molecule has 8 nitrogen and oxygen atoms in total. The van der Waals surface area contributed by atoms with Gasteiger partial charge < -0.3 is 39.7 Å². The Labute approximate surface area is 167 Å². The van der Waals surface area contributed by atoms with Gasteiger partial charge in [0.2, 0.25) is 6.29 Å². The van der Waals surface area contributed by atoms with Crippen LogP contribution in [0.2, 0.25) is 0 Å². The molecule has 2 aromatic rings. The van der Waals surface area contributed by atoms with Gasteiger partial charge >= 0.3 is 0 Å². The molecule has 2 aromatic carbocycles. The molecular formula is C21H24O8. The number of benzene rings is 2. The Balaban J connectivity index is 1.52. The summed E-state index contributed by atoms with van der Waals surface area (Å²) in [5.74, 6) is 0.572. The monoisotopic (exact) mass is 404 g/mol. The molecule has 0 saturated carbocycles. The van der Waals surface area contributed by atoms with Crippen LogP contribution in [0.1, 0.15) is 5.56 Å². The van der Waals surface area contributed by atoms with E-state index < -0.39 is 30.7 Å². The van der Waals surface area contributed by atoms with Crippen molar-refractivity contribution in [2.75, 3.05) is 13.2 Å². The van der Waals surface area contributed by atoms with Crippen LogP contribution in [0.3, 0.4) is 0 Å². The van der Waals surface area contributed by atoms with Crippen molar-refractivity contribution in [3.8, 4) is 17.2 Å². The molecule has 0 amide bonds. The summed E-state index contributed by atoms with van der Waals surface area (Å²) in [4.78, 5) is 0. The van der Waals surface area contributed by atoms with E-state index in [1.165, 1.54) is 24.3 Å². The Kier molecular flexibility index (Phi) is 7.08. The highest BCUT2D eigenvalue weighted by molar-refractivity contribution is 5.50. The van der Waals surface area contributed by atoms with E-state index in [0.717, 1.165) is 5.56 Å². The fourth-order valence-corrected chi connectivity index (χ4v) is 2.83. The Morgan fingerprint density at radius 2 is 1.45 bits per heavy atom. The van der Waals surface area contributed by atoms with Gasteiger partial charge in [0, 0.05) is 0 Å². The molecule has 0 radical (unpaired) electrons. The Hall–Kier alpha value is -2.62. The molecule has 29 heavy (non-hydrogen) atoms. The third-order valence-corrected chi connectivity index (χ3v) is 4.46. The van der Waals surface area contributed by atoms with E-state index >= 15 is 0 Å². The van der Waals surface area contributed by atoms with Crippen LogP contribution in [0, 0.1) is 0 Å². The summed E-state index contributed by atoms with van der Waals surface area (Å²) in [5.41, 5.74) is 0.890. The largest absolute Gasteiger partial charge is 0.508 e. The van der Waals surface area contributed by atoms with E-state index in [9.17, 15) is 25.5 Å². The van der Waals surface area contributed by atoms with Gasteiger partial charge in [-0.3, -0.25) is 0 Å². The van der Waals surface area contributed by atoms with Crippen molar-refractivity contribution in [1.29, 1.82) is 0 Å². The van der Waals surface area contributed by atoms with Gasteiger partial charge in [0.25, 0.3) is 0 Å². The Morgan fingerprint density at radius 1 is 0.828 bits per heavy atom. The first kappa shape index (κ1) is 21.1. The topological polar surface area (TPSA) is 129 Å². The highest BCUT2D eigenvalue weighted by Gasteiger charge is 2.45. The van der Waals surface area contributed by atoms with E-state index in [1.807, 2.05) is 6.08 Å². The van der Waals surface area contributed by atoms with Crippen LogP contribution >= 0.6 is 0 Å². The zero-order valence-corrected chi connectivity index (χ0v) is 15.5. The van der Waals surface area contributed by atoms with Crippen LogP contribution in [0.25, 0.3) is 6.08 Å². The molecule has 0 aliphatic carbocycles. The molecule has 8 heteroatoms. The van der Waals surface area contributed by atoms with Gasteiger partial charge in [-0.2, -0.15) is 0 Å². The van der Waals surface area contributed by atoms with Crippen LogP contribution in [0.5, 0.6) is 17.2 Å². The molecule has 1 aliphatic heterocycles. The van der Waals surface area contributed by atoms with Gasteiger partial charge in [-0.15, -0.1) is 0 Å². The highest BCUT2D eigenvalue weighted by Crippen LogP contribution is 2.25. The zero-order chi connectivity index (χ0) is 20.8. The summed E-state index contributed by atoms with van der Waals surface area (Å²) < 4.78 is 16.6. The SMILES string of the molecule is Oc1ccc(C=CCOCC2OC(Oc3ccc(O)cc3)C(O)C(O)C2O)cc1. The minimum absolute atomic E-state index is 0.0275. The maximum absolute atomic E-state index is 10.1. The second-order valence-corrected chi connectivity index (χ2v) is 6.66. The van der Waals surface area contributed by atoms with E-state index in [-0.39, 0.29) is 24.7 Å². The van der Waals surface area contributed by atoms with Crippen molar-refractivity contribution < 1.29 is 39.7 Å². The number of phenols is 2. The number of aromatic hydroxyl groups is 2. The molecule has 1 heterocycles. The van der Waals surface area contributed by atoms with Crippen molar-refractivity contribution in [2.24, 2.45) is 0 Å². The average Bonchev–Trinajstić information content (AvgIpc) is 2.72. The fourth-order valence-electron chi connectivity index (χ4n) is 2.83. The van der Waals surface area contributed by atoms with E-state index in [0.29, 0.717) is 5.75 Å². The van der Waals surface area contributed by atoms with E-state index in [1.54, 1.807) is 30.3 Å². The molecule has 0 aromatic heterocycles. The van der Waals surface area contributed by atoms with Crippen LogP contribution < -0.4 is 4.74 Å². The second-order valence-electron chi connectivity index (χ2n) is 6.66. The summed E-state index contributed by atoms with van der Waals surface area (Å²) in [5, 5.41) is 48.9. The third kappa shape index (κ3) is 5.69. The summed E-state index contributed by atoms with van der Waals surface area (Å²) >= 11 is 0. The summed E-state index contributed by atoms with van der Waals surface area (Å²) in [7, 11) is 0. The number of aliphatic hydroxyl groups is 3. The number of phenolic OH excluding ortho intramolecular Hbond substituents is 2. The highest BCUT2D eigenvalue weighted by atomic mass is 16.7. The zero-order valence-electron chi connectivity index (χ0n) is 15.5. The minimum Gasteiger partial charge on any atom is -0.508 e. The van der Waals surface area contributed by atoms with Crippen molar-refractivity contribution in [1.82, 2.24) is 0 Å². The number of hydrogen-bond acceptors (Lipinski definition) is 8. The van der Waals surface area contributed by atoms with Gasteiger partial charge in [-0.1, -0.05) is 24.3 Å². The molecule has 3 rings (SSSR count). The van der Waals surface area contributed by atoms with E-state index in [4.69, 9.17) is 14.2 Å². The first-order chi connectivity index (χ1) is 13.9. The molecule has 156 valence electrons. The number of ether oxygens (including phenoxy) is 3. The minimum atomic E-state index is -1.47. The maximum Gasteiger partial charge on any atom is 0.229 e. The number of rotatable bonds is 7. The van der Waals surface area contributed by atoms with Gasteiger partial charge in [-0.05, 0) is 42.0 Å². The first-order valence-electron chi connectivity index (χ1n) is 9.12. The van der Waals surface area contributed by atoms with Gasteiger partial charge in [0.15, 0.2) is 0 Å². The lowest BCUT2D eigenvalue weighted by Crippen LogP contribution is -2.60. The first-order valence-corrected chi connectivity index (χ1v) is 9.12. The maximum atomic E-state index is 10.1. The standard InChI is InChI=1S/C21H24O8/c22-14-5-3-13(4-6-14)2-1-11-27-12-17-18(24)19(25)20(26)21(29-17)28-16-9-7-15(23)8-10-16/h1-10,17-26H,11-12H2. The lowest BCUT2D eigenvalue weighted by molar-refractivity contribution is -0.279. The molecular weight excluding hydrogens is 380 g/mol. The third-order valence-electron chi connectivity index (χ3n) is 4.46. The number of hydrogen-bond donors (Lipinski definition) is 5. The summed E-state index contributed by atoms with van der Waals surface area (Å²) in [6.07, 6.45) is -2.80. The second kappa shape index (κ2) is 9.73. The van der Waals surface area contributed by atoms with Crippen molar-refractivity contribution in [2.45, 2.75) is 30.7 Å². The van der Waals surface area contributed by atoms with Gasteiger partial charge in [-0.25, -0.2) is 0 Å². The molecule has 0 bridgehead atoms. The summed E-state index contributed by atoms with van der Waals surface area (Å²) in [6.45, 7) is 0.204. The predicted molar refractivity (Wildman–Crippen MR) is 103 cm³/mol. The van der Waals surface area contributed by atoms with E-state index in [2.05, 4.69) is 0 Å². The molecule has 0 spiro atoms. The average molecular weight is 404 g/mol. The van der Waals surface area contributed by atoms with Crippen molar-refractivity contribution >= 4 is 6.08 Å². The van der Waals surface area contributed by atoms with Crippen molar-refractivity contribution in [3.63, 3.8) is 0 Å². The Bertz CT molecular complexity index is 789. The number of aliphatic hydroxyl groups excluding tert-OH is 3. The normalized spacial score (nSPS) is 27.2. The molecule has 5 unspecified atom stereocenters. The lowest BCUT2D eigenvalue weighted by atomic mass is 9.99. The molecule has 1 saturated heterocycles. The smallest absolute Gasteiger partial charge is 0.229 e. The van der Waals surface area contributed by atoms with Crippen LogP contribution in [0.15, 0.2) is 54.6 Å². The molecule has 1 aliphatic rings. The van der Waals surface area contributed by atoms with Gasteiger partial charge in [0.05, 0.1) is 13.2 Å². The van der Waals surface area contributed by atoms with Gasteiger partial charge in [0.1, 0.15) is 41.7 Å². The molecule has 5 N–H and O–H groups in total. The molecule has 5 atom stereocenters.